The first-order chi connectivity index (χ1) is 10.1. The van der Waals surface area contributed by atoms with E-state index in [9.17, 15) is 9.59 Å². The Morgan fingerprint density at radius 3 is 2.95 bits per heavy atom. The fraction of sp³-hybridized carbons (Fsp3) is 0.357. The van der Waals surface area contributed by atoms with Crippen molar-refractivity contribution in [2.75, 3.05) is 11.9 Å². The van der Waals surface area contributed by atoms with Crippen LogP contribution in [0.25, 0.3) is 0 Å². The van der Waals surface area contributed by atoms with Crippen molar-refractivity contribution < 1.29 is 9.59 Å². The van der Waals surface area contributed by atoms with Gasteiger partial charge in [-0.05, 0) is 24.3 Å². The monoisotopic (exact) mass is 304 g/mol. The Kier molecular flexibility index (Phi) is 3.74. The molecule has 1 aliphatic rings. The van der Waals surface area contributed by atoms with Crippen molar-refractivity contribution in [1.82, 2.24) is 14.7 Å². The SMILES string of the molecule is Cn1ccc(NC(=O)[C@H]2CCCN2C(=O)c2cccs2)n1. The minimum Gasteiger partial charge on any atom is -0.326 e. The van der Waals surface area contributed by atoms with Gasteiger partial charge in [0.2, 0.25) is 5.91 Å². The van der Waals surface area contributed by atoms with Crippen molar-refractivity contribution in [2.24, 2.45) is 7.05 Å². The Bertz CT molecular complexity index is 650. The van der Waals surface area contributed by atoms with E-state index in [1.165, 1.54) is 11.3 Å². The highest BCUT2D eigenvalue weighted by atomic mass is 32.1. The fourth-order valence-electron chi connectivity index (χ4n) is 2.52. The van der Waals surface area contributed by atoms with Crippen molar-refractivity contribution in [3.8, 4) is 0 Å². The van der Waals surface area contributed by atoms with Crippen molar-refractivity contribution in [3.63, 3.8) is 0 Å². The van der Waals surface area contributed by atoms with Crippen LogP contribution in [0.3, 0.4) is 0 Å². The fourth-order valence-corrected chi connectivity index (χ4v) is 3.19. The summed E-state index contributed by atoms with van der Waals surface area (Å²) in [6.07, 6.45) is 3.30. The normalized spacial score (nSPS) is 18.0. The van der Waals surface area contributed by atoms with Gasteiger partial charge in [-0.25, -0.2) is 0 Å². The number of rotatable bonds is 3. The molecule has 0 aromatic carbocycles. The summed E-state index contributed by atoms with van der Waals surface area (Å²) in [4.78, 5) is 27.1. The third kappa shape index (κ3) is 2.82. The number of hydrogen-bond donors (Lipinski definition) is 1. The van der Waals surface area contributed by atoms with E-state index in [0.29, 0.717) is 23.7 Å². The Balaban J connectivity index is 1.71. The van der Waals surface area contributed by atoms with Gasteiger partial charge in [-0.1, -0.05) is 6.07 Å². The number of anilines is 1. The lowest BCUT2D eigenvalue weighted by Gasteiger charge is -2.23. The van der Waals surface area contributed by atoms with Crippen LogP contribution in [0.4, 0.5) is 5.82 Å². The summed E-state index contributed by atoms with van der Waals surface area (Å²) in [7, 11) is 1.79. The van der Waals surface area contributed by atoms with Gasteiger partial charge in [0.05, 0.1) is 4.88 Å². The van der Waals surface area contributed by atoms with Crippen LogP contribution in [0.2, 0.25) is 0 Å². The van der Waals surface area contributed by atoms with Gasteiger partial charge in [0.1, 0.15) is 6.04 Å². The first kappa shape index (κ1) is 13.8. The molecule has 7 heteroatoms. The molecule has 1 atom stereocenters. The van der Waals surface area contributed by atoms with Gasteiger partial charge in [-0.15, -0.1) is 11.3 Å². The Morgan fingerprint density at radius 2 is 2.29 bits per heavy atom. The highest BCUT2D eigenvalue weighted by molar-refractivity contribution is 7.12. The second-order valence-corrected chi connectivity index (χ2v) is 5.95. The average Bonchev–Trinajstić information content (AvgIpc) is 3.19. The van der Waals surface area contributed by atoms with Gasteiger partial charge in [0, 0.05) is 25.9 Å². The van der Waals surface area contributed by atoms with Crippen LogP contribution >= 0.6 is 11.3 Å². The minimum absolute atomic E-state index is 0.0660. The largest absolute Gasteiger partial charge is 0.326 e. The van der Waals surface area contributed by atoms with E-state index in [4.69, 9.17) is 0 Å². The summed E-state index contributed by atoms with van der Waals surface area (Å²) in [5, 5.41) is 8.77. The first-order valence-corrected chi connectivity index (χ1v) is 7.68. The molecule has 1 saturated heterocycles. The lowest BCUT2D eigenvalue weighted by atomic mass is 10.2. The highest BCUT2D eigenvalue weighted by Crippen LogP contribution is 2.23. The van der Waals surface area contributed by atoms with E-state index in [1.54, 1.807) is 35.0 Å². The van der Waals surface area contributed by atoms with Crippen LogP contribution in [0.5, 0.6) is 0 Å². The summed E-state index contributed by atoms with van der Waals surface area (Å²) in [6, 6.07) is 4.95. The molecule has 2 aromatic heterocycles. The molecule has 3 rings (SSSR count). The molecule has 2 aromatic rings. The summed E-state index contributed by atoms with van der Waals surface area (Å²) in [5.41, 5.74) is 0. The molecular weight excluding hydrogens is 288 g/mol. The topological polar surface area (TPSA) is 67.2 Å². The molecule has 21 heavy (non-hydrogen) atoms. The molecule has 6 nitrogen and oxygen atoms in total. The van der Waals surface area contributed by atoms with Gasteiger partial charge in [0.15, 0.2) is 5.82 Å². The third-order valence-electron chi connectivity index (χ3n) is 3.51. The van der Waals surface area contributed by atoms with Gasteiger partial charge >= 0.3 is 0 Å². The number of carbonyl (C=O) groups is 2. The molecule has 0 spiro atoms. The van der Waals surface area contributed by atoms with Crippen molar-refractivity contribution in [3.05, 3.63) is 34.7 Å². The quantitative estimate of drug-likeness (QED) is 0.939. The first-order valence-electron chi connectivity index (χ1n) is 6.80. The molecule has 1 fully saturated rings. The maximum absolute atomic E-state index is 12.4. The van der Waals surface area contributed by atoms with Crippen LogP contribution in [0.15, 0.2) is 29.8 Å². The van der Waals surface area contributed by atoms with Crippen LogP contribution < -0.4 is 5.32 Å². The number of nitrogens with one attached hydrogen (secondary N) is 1. The van der Waals surface area contributed by atoms with E-state index < -0.39 is 6.04 Å². The molecule has 0 unspecified atom stereocenters. The number of likely N-dealkylation sites (tertiary alicyclic amines) is 1. The number of aromatic nitrogens is 2. The zero-order chi connectivity index (χ0) is 14.8. The standard InChI is InChI=1S/C14H16N4O2S/c1-17-8-6-12(16-17)15-13(19)10-4-2-7-18(10)14(20)11-5-3-9-21-11/h3,5-6,8-10H,2,4,7H2,1H3,(H,15,16,19)/t10-/m1/s1. The zero-order valence-electron chi connectivity index (χ0n) is 11.7. The van der Waals surface area contributed by atoms with Crippen molar-refractivity contribution in [1.29, 1.82) is 0 Å². The molecule has 2 amide bonds. The van der Waals surface area contributed by atoms with Gasteiger partial charge in [-0.2, -0.15) is 5.10 Å². The lowest BCUT2D eigenvalue weighted by molar-refractivity contribution is -0.119. The van der Waals surface area contributed by atoms with E-state index in [0.717, 1.165) is 6.42 Å². The molecule has 3 heterocycles. The molecule has 0 aliphatic carbocycles. The highest BCUT2D eigenvalue weighted by Gasteiger charge is 2.35. The number of amides is 2. The van der Waals surface area contributed by atoms with Crippen LogP contribution in [0, 0.1) is 0 Å². The average molecular weight is 304 g/mol. The summed E-state index contributed by atoms with van der Waals surface area (Å²) in [5.74, 6) is 0.276. The molecule has 1 aliphatic heterocycles. The number of thiophene rings is 1. The molecule has 0 radical (unpaired) electrons. The summed E-state index contributed by atoms with van der Waals surface area (Å²) < 4.78 is 1.62. The van der Waals surface area contributed by atoms with Gasteiger partial charge in [-0.3, -0.25) is 14.3 Å². The molecule has 0 bridgehead atoms. The Hall–Kier alpha value is -2.15. The summed E-state index contributed by atoms with van der Waals surface area (Å²) in [6.45, 7) is 0.622. The Morgan fingerprint density at radius 1 is 1.43 bits per heavy atom. The number of nitrogens with zero attached hydrogens (tertiary/aromatic N) is 3. The lowest BCUT2D eigenvalue weighted by Crippen LogP contribution is -2.43. The molecule has 1 N–H and O–H groups in total. The predicted octanol–water partition coefficient (Wildman–Crippen LogP) is 1.72. The van der Waals surface area contributed by atoms with Gasteiger partial charge < -0.3 is 10.2 Å². The molecule has 0 saturated carbocycles. The van der Waals surface area contributed by atoms with E-state index >= 15 is 0 Å². The second kappa shape index (κ2) is 5.69. The molecule has 110 valence electrons. The maximum Gasteiger partial charge on any atom is 0.264 e. The van der Waals surface area contributed by atoms with E-state index in [1.807, 2.05) is 11.4 Å². The predicted molar refractivity (Wildman–Crippen MR) is 80.2 cm³/mol. The molecular formula is C14H16N4O2S. The van der Waals surface area contributed by atoms with Gasteiger partial charge in [0.25, 0.3) is 5.91 Å². The van der Waals surface area contributed by atoms with Crippen LogP contribution in [-0.2, 0) is 11.8 Å². The van der Waals surface area contributed by atoms with E-state index in [-0.39, 0.29) is 11.8 Å². The van der Waals surface area contributed by atoms with E-state index in [2.05, 4.69) is 10.4 Å². The Labute approximate surface area is 126 Å². The second-order valence-electron chi connectivity index (χ2n) is 5.00. The number of hydrogen-bond acceptors (Lipinski definition) is 4. The number of aryl methyl sites for hydroxylation is 1. The maximum atomic E-state index is 12.4. The summed E-state index contributed by atoms with van der Waals surface area (Å²) >= 11 is 1.40. The van der Waals surface area contributed by atoms with Crippen LogP contribution in [0.1, 0.15) is 22.5 Å². The number of carbonyl (C=O) groups excluding carboxylic acids is 2. The zero-order valence-corrected chi connectivity index (χ0v) is 12.5. The van der Waals surface area contributed by atoms with Crippen molar-refractivity contribution >= 4 is 29.0 Å². The van der Waals surface area contributed by atoms with Crippen LogP contribution in [-0.4, -0.2) is 39.1 Å². The minimum atomic E-state index is -0.415. The smallest absolute Gasteiger partial charge is 0.264 e. The van der Waals surface area contributed by atoms with Crippen molar-refractivity contribution in [2.45, 2.75) is 18.9 Å². The third-order valence-corrected chi connectivity index (χ3v) is 4.37.